The first-order valence-corrected chi connectivity index (χ1v) is 7.40. The van der Waals surface area contributed by atoms with Gasteiger partial charge in [-0.1, -0.05) is 53.5 Å². The summed E-state index contributed by atoms with van der Waals surface area (Å²) in [7, 11) is 0. The number of hydrogen-bond acceptors (Lipinski definition) is 3. The van der Waals surface area contributed by atoms with E-state index in [0.717, 1.165) is 0 Å². The molecule has 0 saturated heterocycles. The van der Waals surface area contributed by atoms with Crippen molar-refractivity contribution in [3.05, 3.63) is 70.7 Å². The quantitative estimate of drug-likeness (QED) is 0.562. The molecule has 2 aromatic rings. The molecule has 0 heterocycles. The third-order valence-electron chi connectivity index (χ3n) is 3.14. The van der Waals surface area contributed by atoms with E-state index in [9.17, 15) is 9.90 Å². The van der Waals surface area contributed by atoms with Gasteiger partial charge in [0.05, 0.1) is 15.7 Å². The van der Waals surface area contributed by atoms with Gasteiger partial charge in [-0.25, -0.2) is 0 Å². The SMILES string of the molecule is C=CCN(c1ccccc1CC(=O)[O-])c1c(Cl)cccc1Cl.[Na+]. The second kappa shape index (κ2) is 9.36. The minimum atomic E-state index is -1.14. The van der Waals surface area contributed by atoms with E-state index in [-0.39, 0.29) is 36.0 Å². The first-order chi connectivity index (χ1) is 10.5. The fourth-order valence-electron chi connectivity index (χ4n) is 2.27. The van der Waals surface area contributed by atoms with Crippen LogP contribution in [0, 0.1) is 0 Å². The second-order valence-corrected chi connectivity index (χ2v) is 5.46. The Labute approximate surface area is 167 Å². The summed E-state index contributed by atoms with van der Waals surface area (Å²) in [6.07, 6.45) is 1.52. The van der Waals surface area contributed by atoms with E-state index in [1.54, 1.807) is 36.4 Å². The topological polar surface area (TPSA) is 43.4 Å². The number of anilines is 2. The molecule has 2 rings (SSSR count). The summed E-state index contributed by atoms with van der Waals surface area (Å²) in [5, 5.41) is 11.9. The molecule has 0 aliphatic rings. The van der Waals surface area contributed by atoms with Gasteiger partial charge in [-0.2, -0.15) is 0 Å². The molecule has 0 radical (unpaired) electrons. The number of para-hydroxylation sites is 2. The third kappa shape index (κ3) is 5.00. The van der Waals surface area contributed by atoms with Crippen LogP contribution in [0.3, 0.4) is 0 Å². The molecule has 0 fully saturated rings. The van der Waals surface area contributed by atoms with Crippen molar-refractivity contribution >= 4 is 40.5 Å². The zero-order valence-corrected chi connectivity index (χ0v) is 16.3. The van der Waals surface area contributed by atoms with Gasteiger partial charge >= 0.3 is 29.6 Å². The number of rotatable bonds is 6. The zero-order valence-electron chi connectivity index (χ0n) is 12.8. The summed E-state index contributed by atoms with van der Waals surface area (Å²) >= 11 is 12.6. The Balaban J connectivity index is 0.00000264. The third-order valence-corrected chi connectivity index (χ3v) is 3.75. The van der Waals surface area contributed by atoms with Crippen molar-refractivity contribution in [2.24, 2.45) is 0 Å². The van der Waals surface area contributed by atoms with Crippen molar-refractivity contribution < 1.29 is 39.5 Å². The standard InChI is InChI=1S/C17H15Cl2NO2.Na/c1-2-10-20(17-13(18)7-5-8-14(17)19)15-9-4-3-6-12(15)11-16(21)22;/h2-9H,1,10-11H2,(H,21,22);/q;+1/p-1. The minimum absolute atomic E-state index is 0. The maximum Gasteiger partial charge on any atom is 1.00 e. The Morgan fingerprint density at radius 3 is 2.30 bits per heavy atom. The molecular weight excluding hydrogens is 344 g/mol. The summed E-state index contributed by atoms with van der Waals surface area (Å²) in [5.41, 5.74) is 1.96. The Kier molecular flexibility index (Phi) is 8.17. The van der Waals surface area contributed by atoms with Crippen LogP contribution in [-0.2, 0) is 11.2 Å². The van der Waals surface area contributed by atoms with Crippen molar-refractivity contribution in [3.63, 3.8) is 0 Å². The van der Waals surface area contributed by atoms with Gasteiger partial charge in [-0.05, 0) is 23.8 Å². The predicted molar refractivity (Wildman–Crippen MR) is 88.8 cm³/mol. The first-order valence-electron chi connectivity index (χ1n) is 6.64. The molecule has 0 spiro atoms. The number of carbonyl (C=O) groups is 1. The van der Waals surface area contributed by atoms with Crippen LogP contribution >= 0.6 is 23.2 Å². The Hall–Kier alpha value is -0.970. The number of hydrogen-bond donors (Lipinski definition) is 0. The maximum atomic E-state index is 11.0. The molecule has 0 saturated carbocycles. The maximum absolute atomic E-state index is 11.0. The van der Waals surface area contributed by atoms with Crippen molar-refractivity contribution in [1.29, 1.82) is 0 Å². The van der Waals surface area contributed by atoms with E-state index in [2.05, 4.69) is 6.58 Å². The van der Waals surface area contributed by atoms with Gasteiger partial charge in [-0.3, -0.25) is 0 Å². The molecule has 0 bridgehead atoms. The van der Waals surface area contributed by atoms with Gasteiger partial charge in [0.15, 0.2) is 0 Å². The average Bonchev–Trinajstić information content (AvgIpc) is 2.46. The van der Waals surface area contributed by atoms with Crippen molar-refractivity contribution in [3.8, 4) is 0 Å². The number of nitrogens with zero attached hydrogens (tertiary/aromatic N) is 1. The summed E-state index contributed by atoms with van der Waals surface area (Å²) in [5.74, 6) is -1.14. The number of carboxylic acids is 1. The monoisotopic (exact) mass is 357 g/mol. The van der Waals surface area contributed by atoms with Crippen molar-refractivity contribution in [1.82, 2.24) is 0 Å². The van der Waals surface area contributed by atoms with Gasteiger partial charge in [-0.15, -0.1) is 6.58 Å². The van der Waals surface area contributed by atoms with E-state index < -0.39 is 5.97 Å². The van der Waals surface area contributed by atoms with Gasteiger partial charge in [0.2, 0.25) is 0 Å². The summed E-state index contributed by atoms with van der Waals surface area (Å²) in [4.78, 5) is 12.8. The van der Waals surface area contributed by atoms with Crippen molar-refractivity contribution in [2.45, 2.75) is 6.42 Å². The molecule has 114 valence electrons. The largest absolute Gasteiger partial charge is 1.00 e. The van der Waals surface area contributed by atoms with Crippen LogP contribution in [0.15, 0.2) is 55.1 Å². The number of benzene rings is 2. The Bertz CT molecular complexity index is 686. The fraction of sp³-hybridized carbons (Fsp3) is 0.118. The molecule has 0 aromatic heterocycles. The summed E-state index contributed by atoms with van der Waals surface area (Å²) in [6, 6.07) is 12.4. The smallest absolute Gasteiger partial charge is 0.550 e. The van der Waals surface area contributed by atoms with E-state index in [0.29, 0.717) is 33.5 Å². The van der Waals surface area contributed by atoms with Gasteiger partial charge in [0.25, 0.3) is 0 Å². The van der Waals surface area contributed by atoms with Crippen LogP contribution in [0.5, 0.6) is 0 Å². The number of carboxylic acid groups (broad SMARTS) is 1. The molecule has 6 heteroatoms. The Morgan fingerprint density at radius 2 is 1.74 bits per heavy atom. The van der Waals surface area contributed by atoms with Gasteiger partial charge < -0.3 is 14.8 Å². The fourth-order valence-corrected chi connectivity index (χ4v) is 2.87. The normalized spacial score (nSPS) is 9.83. The zero-order chi connectivity index (χ0) is 16.1. The molecule has 0 amide bonds. The van der Waals surface area contributed by atoms with Crippen LogP contribution in [0.4, 0.5) is 11.4 Å². The molecule has 0 N–H and O–H groups in total. The van der Waals surface area contributed by atoms with Crippen LogP contribution in [-0.4, -0.2) is 12.5 Å². The number of halogens is 2. The van der Waals surface area contributed by atoms with E-state index in [4.69, 9.17) is 23.2 Å². The van der Waals surface area contributed by atoms with E-state index >= 15 is 0 Å². The van der Waals surface area contributed by atoms with Gasteiger partial charge in [0, 0.05) is 24.6 Å². The number of carbonyl (C=O) groups excluding carboxylic acids is 1. The molecule has 0 aliphatic heterocycles. The first kappa shape index (κ1) is 20.1. The minimum Gasteiger partial charge on any atom is -0.550 e. The number of aliphatic carboxylic acids is 1. The summed E-state index contributed by atoms with van der Waals surface area (Å²) in [6.45, 7) is 4.18. The van der Waals surface area contributed by atoms with Crippen LogP contribution in [0.25, 0.3) is 0 Å². The molecule has 2 aromatic carbocycles. The van der Waals surface area contributed by atoms with Crippen LogP contribution in [0.1, 0.15) is 5.56 Å². The average molecular weight is 358 g/mol. The second-order valence-electron chi connectivity index (χ2n) is 4.65. The molecule has 0 atom stereocenters. The van der Waals surface area contributed by atoms with E-state index in [1.165, 1.54) is 0 Å². The van der Waals surface area contributed by atoms with Gasteiger partial charge in [0.1, 0.15) is 0 Å². The Morgan fingerprint density at radius 1 is 1.13 bits per heavy atom. The molecule has 3 nitrogen and oxygen atoms in total. The molecule has 0 unspecified atom stereocenters. The van der Waals surface area contributed by atoms with Crippen LogP contribution < -0.4 is 39.6 Å². The summed E-state index contributed by atoms with van der Waals surface area (Å²) < 4.78 is 0. The van der Waals surface area contributed by atoms with E-state index in [1.807, 2.05) is 17.0 Å². The molecule has 23 heavy (non-hydrogen) atoms. The molecular formula is C17H14Cl2NNaO2. The van der Waals surface area contributed by atoms with Crippen LogP contribution in [0.2, 0.25) is 10.0 Å². The van der Waals surface area contributed by atoms with Crippen molar-refractivity contribution in [2.75, 3.05) is 11.4 Å². The predicted octanol–water partition coefficient (Wildman–Crippen LogP) is 0.614. The molecule has 0 aliphatic carbocycles.